The molecular formula is C34H43BrN2O3. The summed E-state index contributed by atoms with van der Waals surface area (Å²) in [5, 5.41) is 20.5. The van der Waals surface area contributed by atoms with Crippen LogP contribution in [0.15, 0.2) is 72.8 Å². The van der Waals surface area contributed by atoms with Gasteiger partial charge in [-0.25, -0.2) is 0 Å². The Balaban J connectivity index is 0.00000441. The summed E-state index contributed by atoms with van der Waals surface area (Å²) in [6, 6.07) is 23.4. The van der Waals surface area contributed by atoms with Gasteiger partial charge in [0.1, 0.15) is 23.9 Å². The van der Waals surface area contributed by atoms with E-state index in [0.717, 1.165) is 34.1 Å². The molecule has 40 heavy (non-hydrogen) atoms. The first-order valence-electron chi connectivity index (χ1n) is 13.8. The molecule has 0 aromatic heterocycles. The Morgan fingerprint density at radius 3 is 1.98 bits per heavy atom. The first kappa shape index (κ1) is 31.6. The van der Waals surface area contributed by atoms with Crippen molar-refractivity contribution >= 4 is 29.1 Å². The van der Waals surface area contributed by atoms with Gasteiger partial charge in [-0.1, -0.05) is 102 Å². The van der Waals surface area contributed by atoms with Gasteiger partial charge in [-0.2, -0.15) is 0 Å². The number of hydrogen-bond acceptors (Lipinski definition) is 4. The fourth-order valence-electron chi connectivity index (χ4n) is 5.57. The van der Waals surface area contributed by atoms with Crippen molar-refractivity contribution in [2.75, 3.05) is 13.2 Å². The molecule has 2 N–H and O–H groups in total. The Bertz CT molecular complexity index is 1260. The number of aldehydes is 1. The number of hydrogen-bond donors (Lipinski definition) is 2. The highest BCUT2D eigenvalue weighted by Crippen LogP contribution is 2.43. The van der Waals surface area contributed by atoms with E-state index in [-0.39, 0.29) is 45.4 Å². The summed E-state index contributed by atoms with van der Waals surface area (Å²) in [6.45, 7) is 13.9. The standard InChI is InChI=1S/C34H42N2O3.BrH/c1-33(2,3)27-17-25(18-28(31(27)38)34(4,5)6)29(20-37)36-19-26(22-39-21-23-13-9-7-10-14-23)30(32(36)35)24-15-11-8-12-16-24;/h7-18,20,26,29-30,35,38H,19,21-22H2,1-6H3;1H/t26-,29?,30-;/m1./s1. The van der Waals surface area contributed by atoms with Crippen molar-refractivity contribution in [2.45, 2.75) is 70.9 Å². The Labute approximate surface area is 249 Å². The number of nitrogens with one attached hydrogen (secondary N) is 1. The van der Waals surface area contributed by atoms with Gasteiger partial charge in [0.25, 0.3) is 0 Å². The van der Waals surface area contributed by atoms with E-state index in [9.17, 15) is 15.3 Å². The number of halogens is 1. The van der Waals surface area contributed by atoms with Crippen LogP contribution >= 0.6 is 17.0 Å². The van der Waals surface area contributed by atoms with Crippen LogP contribution in [0.3, 0.4) is 0 Å². The van der Waals surface area contributed by atoms with E-state index in [1.54, 1.807) is 0 Å². The number of nitrogens with zero attached hydrogens (tertiary/aromatic N) is 1. The summed E-state index contributed by atoms with van der Waals surface area (Å²) < 4.78 is 6.17. The summed E-state index contributed by atoms with van der Waals surface area (Å²) >= 11 is 0. The average Bonchev–Trinajstić information content (AvgIpc) is 3.20. The molecule has 0 saturated carbocycles. The van der Waals surface area contributed by atoms with Crippen LogP contribution in [0.1, 0.15) is 81.3 Å². The van der Waals surface area contributed by atoms with Gasteiger partial charge >= 0.3 is 0 Å². The van der Waals surface area contributed by atoms with Crippen LogP contribution in [-0.4, -0.2) is 35.3 Å². The van der Waals surface area contributed by atoms with E-state index in [1.807, 2.05) is 65.6 Å². The van der Waals surface area contributed by atoms with E-state index >= 15 is 0 Å². The molecule has 4 rings (SSSR count). The molecule has 1 unspecified atom stereocenters. The molecule has 6 heteroatoms. The minimum atomic E-state index is -0.634. The number of rotatable bonds is 8. The molecule has 0 spiro atoms. The van der Waals surface area contributed by atoms with Crippen LogP contribution in [0.2, 0.25) is 0 Å². The first-order chi connectivity index (χ1) is 18.4. The molecule has 0 bridgehead atoms. The number of ether oxygens (including phenoxy) is 1. The van der Waals surface area contributed by atoms with Crippen LogP contribution in [0.4, 0.5) is 0 Å². The second-order valence-electron chi connectivity index (χ2n) is 12.7. The fraction of sp³-hybridized carbons (Fsp3) is 0.412. The number of amidine groups is 1. The summed E-state index contributed by atoms with van der Waals surface area (Å²) in [6.07, 6.45) is 0.940. The van der Waals surface area contributed by atoms with Crippen molar-refractivity contribution in [3.63, 3.8) is 0 Å². The van der Waals surface area contributed by atoms with E-state index < -0.39 is 6.04 Å². The van der Waals surface area contributed by atoms with Crippen LogP contribution in [0.25, 0.3) is 0 Å². The maximum atomic E-state index is 12.8. The minimum absolute atomic E-state index is 0. The van der Waals surface area contributed by atoms with Crippen molar-refractivity contribution in [3.05, 3.63) is 101 Å². The topological polar surface area (TPSA) is 73.6 Å². The average molecular weight is 608 g/mol. The highest BCUT2D eigenvalue weighted by molar-refractivity contribution is 8.93. The summed E-state index contributed by atoms with van der Waals surface area (Å²) in [5.41, 5.74) is 3.96. The zero-order valence-corrected chi connectivity index (χ0v) is 26.2. The quantitative estimate of drug-likeness (QED) is 0.257. The Kier molecular flexibility index (Phi) is 10.0. The van der Waals surface area contributed by atoms with E-state index in [0.29, 0.717) is 25.6 Å². The van der Waals surface area contributed by atoms with Gasteiger partial charge in [-0.05, 0) is 50.8 Å². The second kappa shape index (κ2) is 12.7. The molecule has 1 fully saturated rings. The summed E-state index contributed by atoms with van der Waals surface area (Å²) in [7, 11) is 0. The Morgan fingerprint density at radius 1 is 0.950 bits per heavy atom. The third-order valence-corrected chi connectivity index (χ3v) is 7.66. The molecule has 1 aliphatic rings. The molecular weight excluding hydrogens is 564 g/mol. The number of benzene rings is 3. The van der Waals surface area contributed by atoms with Crippen LogP contribution in [0.5, 0.6) is 5.75 Å². The lowest BCUT2D eigenvalue weighted by atomic mass is 9.77. The monoisotopic (exact) mass is 606 g/mol. The summed E-state index contributed by atoms with van der Waals surface area (Å²) in [5.74, 6) is 0.557. The van der Waals surface area contributed by atoms with Crippen LogP contribution in [-0.2, 0) is 27.0 Å². The lowest BCUT2D eigenvalue weighted by molar-refractivity contribution is -0.111. The number of likely N-dealkylation sites (tertiary alicyclic amines) is 1. The van der Waals surface area contributed by atoms with E-state index in [2.05, 4.69) is 53.7 Å². The van der Waals surface area contributed by atoms with Crippen molar-refractivity contribution < 1.29 is 14.6 Å². The van der Waals surface area contributed by atoms with Crippen molar-refractivity contribution in [3.8, 4) is 5.75 Å². The van der Waals surface area contributed by atoms with Gasteiger partial charge in [0.15, 0.2) is 0 Å². The van der Waals surface area contributed by atoms with Crippen LogP contribution < -0.4 is 0 Å². The molecule has 214 valence electrons. The molecule has 0 amide bonds. The molecule has 1 saturated heterocycles. The smallest absolute Gasteiger partial charge is 0.147 e. The number of carbonyl (C=O) groups is 1. The molecule has 3 atom stereocenters. The third kappa shape index (κ3) is 6.84. The number of carbonyl (C=O) groups excluding carboxylic acids is 1. The molecule has 5 nitrogen and oxygen atoms in total. The highest BCUT2D eigenvalue weighted by atomic mass is 79.9. The van der Waals surface area contributed by atoms with Crippen molar-refractivity contribution in [2.24, 2.45) is 5.92 Å². The lowest BCUT2D eigenvalue weighted by Gasteiger charge is -2.32. The zero-order valence-electron chi connectivity index (χ0n) is 24.5. The van der Waals surface area contributed by atoms with E-state index in [1.165, 1.54) is 0 Å². The molecule has 3 aromatic carbocycles. The molecule has 3 aromatic rings. The predicted molar refractivity (Wildman–Crippen MR) is 168 cm³/mol. The van der Waals surface area contributed by atoms with Crippen molar-refractivity contribution in [1.82, 2.24) is 4.90 Å². The zero-order chi connectivity index (χ0) is 28.4. The Hall–Kier alpha value is -2.96. The molecule has 0 radical (unpaired) electrons. The van der Waals surface area contributed by atoms with Gasteiger partial charge in [0.05, 0.1) is 13.2 Å². The largest absolute Gasteiger partial charge is 0.507 e. The summed E-state index contributed by atoms with van der Waals surface area (Å²) in [4.78, 5) is 14.7. The number of aromatic hydroxyl groups is 1. The van der Waals surface area contributed by atoms with Crippen molar-refractivity contribution in [1.29, 1.82) is 5.41 Å². The fourth-order valence-corrected chi connectivity index (χ4v) is 5.57. The normalized spacial score (nSPS) is 18.4. The van der Waals surface area contributed by atoms with Gasteiger partial charge < -0.3 is 19.5 Å². The lowest BCUT2D eigenvalue weighted by Crippen LogP contribution is -2.32. The SMILES string of the molecule is Br.CC(C)(C)c1cc(C(C=O)N2C[C@H](COCc3ccccc3)[C@@H](c3ccccc3)C2=N)cc(C(C)(C)C)c1O. The molecule has 1 heterocycles. The van der Waals surface area contributed by atoms with Crippen LogP contribution in [0, 0.1) is 11.3 Å². The van der Waals surface area contributed by atoms with Gasteiger partial charge in [-0.15, -0.1) is 17.0 Å². The molecule has 0 aliphatic carbocycles. The van der Waals surface area contributed by atoms with Gasteiger partial charge in [-0.3, -0.25) is 5.41 Å². The first-order valence-corrected chi connectivity index (χ1v) is 13.8. The van der Waals surface area contributed by atoms with E-state index in [4.69, 9.17) is 4.74 Å². The Morgan fingerprint density at radius 2 is 1.48 bits per heavy atom. The second-order valence-corrected chi connectivity index (χ2v) is 12.7. The number of phenolic OH excluding ortho intramolecular Hbond substituents is 1. The highest BCUT2D eigenvalue weighted by Gasteiger charge is 2.42. The predicted octanol–water partition coefficient (Wildman–Crippen LogP) is 7.71. The van der Waals surface area contributed by atoms with Gasteiger partial charge in [0.2, 0.25) is 0 Å². The maximum absolute atomic E-state index is 12.8. The number of phenols is 1. The minimum Gasteiger partial charge on any atom is -0.507 e. The molecule has 1 aliphatic heterocycles. The van der Waals surface area contributed by atoms with Gasteiger partial charge in [0, 0.05) is 18.4 Å². The maximum Gasteiger partial charge on any atom is 0.147 e. The third-order valence-electron chi connectivity index (χ3n) is 7.66.